The fourth-order valence-electron chi connectivity index (χ4n) is 2.48. The molecule has 0 aliphatic rings. The average Bonchev–Trinajstić information content (AvgIpc) is 3.15. The van der Waals surface area contributed by atoms with Crippen LogP contribution >= 0.6 is 23.1 Å². The number of amides is 1. The summed E-state index contributed by atoms with van der Waals surface area (Å²) in [5.41, 5.74) is 2.59. The molecule has 1 atom stereocenters. The fraction of sp³-hybridized carbons (Fsp3) is 0.211. The lowest BCUT2D eigenvalue weighted by atomic mass is 10.1. The Labute approximate surface area is 166 Å². The summed E-state index contributed by atoms with van der Waals surface area (Å²) in [6.45, 7) is 1.97. The first kappa shape index (κ1) is 19.2. The number of hydrogen-bond acceptors (Lipinski definition) is 7. The first-order chi connectivity index (χ1) is 13.1. The molecule has 1 aromatic heterocycles. The average molecular weight is 401 g/mol. The van der Waals surface area contributed by atoms with E-state index in [-0.39, 0.29) is 5.91 Å². The van der Waals surface area contributed by atoms with Crippen molar-refractivity contribution < 1.29 is 9.53 Å². The fourth-order valence-corrected chi connectivity index (χ4v) is 4.38. The summed E-state index contributed by atoms with van der Waals surface area (Å²) in [7, 11) is 3.38. The number of aryl methyl sites for hydroxylation is 1. The highest BCUT2D eigenvalue weighted by atomic mass is 32.2. The zero-order chi connectivity index (χ0) is 19.2. The predicted octanol–water partition coefficient (Wildman–Crippen LogP) is 4.37. The van der Waals surface area contributed by atoms with Crippen molar-refractivity contribution in [3.05, 3.63) is 59.7 Å². The summed E-state index contributed by atoms with van der Waals surface area (Å²) in [6.07, 6.45) is 0. The van der Waals surface area contributed by atoms with E-state index >= 15 is 0 Å². The minimum absolute atomic E-state index is 0.142. The van der Waals surface area contributed by atoms with Gasteiger partial charge in [0.2, 0.25) is 11.0 Å². The highest BCUT2D eigenvalue weighted by Gasteiger charge is 2.25. The molecule has 0 bridgehead atoms. The van der Waals surface area contributed by atoms with Gasteiger partial charge in [0.25, 0.3) is 0 Å². The predicted molar refractivity (Wildman–Crippen MR) is 111 cm³/mol. The molecule has 0 spiro atoms. The van der Waals surface area contributed by atoms with Crippen molar-refractivity contribution in [3.8, 4) is 5.75 Å². The maximum absolute atomic E-state index is 13.1. The second-order valence-corrected chi connectivity index (χ2v) is 8.05. The molecule has 0 saturated heterocycles. The third-order valence-corrected chi connectivity index (χ3v) is 6.07. The third kappa shape index (κ3) is 4.78. The molecule has 0 radical (unpaired) electrons. The van der Waals surface area contributed by atoms with E-state index in [1.165, 1.54) is 23.1 Å². The van der Waals surface area contributed by atoms with E-state index in [1.807, 2.05) is 55.5 Å². The second-order valence-electron chi connectivity index (χ2n) is 5.72. The highest BCUT2D eigenvalue weighted by molar-refractivity contribution is 8.02. The number of methoxy groups -OCH3 is 1. The van der Waals surface area contributed by atoms with E-state index in [0.29, 0.717) is 16.6 Å². The Balaban J connectivity index is 1.88. The molecule has 140 valence electrons. The van der Waals surface area contributed by atoms with Crippen molar-refractivity contribution in [2.75, 3.05) is 24.8 Å². The van der Waals surface area contributed by atoms with E-state index in [9.17, 15) is 4.79 Å². The van der Waals surface area contributed by atoms with Crippen molar-refractivity contribution in [2.24, 2.45) is 0 Å². The monoisotopic (exact) mass is 400 g/mol. The number of carbonyl (C=O) groups excluding carboxylic acids is 1. The Kier molecular flexibility index (Phi) is 6.31. The molecule has 0 unspecified atom stereocenters. The molecule has 0 aliphatic heterocycles. The Morgan fingerprint density at radius 2 is 1.96 bits per heavy atom. The van der Waals surface area contributed by atoms with E-state index in [0.717, 1.165) is 15.5 Å². The largest absolute Gasteiger partial charge is 0.495 e. The first-order valence-corrected chi connectivity index (χ1v) is 9.98. The number of rotatable bonds is 7. The molecule has 1 heterocycles. The van der Waals surface area contributed by atoms with Gasteiger partial charge in [-0.05, 0) is 30.2 Å². The van der Waals surface area contributed by atoms with Crippen molar-refractivity contribution in [1.29, 1.82) is 0 Å². The van der Waals surface area contributed by atoms with Gasteiger partial charge in [-0.3, -0.25) is 4.79 Å². The maximum Gasteiger partial charge on any atom is 0.242 e. The van der Waals surface area contributed by atoms with Gasteiger partial charge < -0.3 is 15.4 Å². The minimum Gasteiger partial charge on any atom is -0.495 e. The van der Waals surface area contributed by atoms with E-state index < -0.39 is 5.25 Å². The molecule has 0 aliphatic carbocycles. The Morgan fingerprint density at radius 3 is 2.63 bits per heavy atom. The van der Waals surface area contributed by atoms with Gasteiger partial charge in [0.05, 0.1) is 12.8 Å². The molecule has 2 N–H and O–H groups in total. The molecule has 1 amide bonds. The van der Waals surface area contributed by atoms with Gasteiger partial charge in [-0.15, -0.1) is 10.2 Å². The van der Waals surface area contributed by atoms with Crippen LogP contribution in [0.2, 0.25) is 0 Å². The Morgan fingerprint density at radius 1 is 1.19 bits per heavy atom. The molecule has 8 heteroatoms. The molecule has 3 aromatic rings. The van der Waals surface area contributed by atoms with Crippen LogP contribution in [0.25, 0.3) is 0 Å². The van der Waals surface area contributed by atoms with Gasteiger partial charge in [-0.25, -0.2) is 0 Å². The number of anilines is 2. The van der Waals surface area contributed by atoms with Crippen LogP contribution in [0.4, 0.5) is 10.8 Å². The summed E-state index contributed by atoms with van der Waals surface area (Å²) in [5.74, 6) is 0.482. The minimum atomic E-state index is -0.464. The number of nitrogens with one attached hydrogen (secondary N) is 2. The standard InChI is InChI=1S/C19H20N4O2S2/c1-12-9-10-15(25-3)14(11-12)21-17(24)16(13-7-5-4-6-8-13)26-19-23-22-18(20-2)27-19/h4-11,16H,1-3H3,(H,20,22)(H,21,24)/t16-/m0/s1. The third-order valence-electron chi connectivity index (χ3n) is 3.79. The Bertz CT molecular complexity index is 915. The quantitative estimate of drug-likeness (QED) is 0.574. The molecule has 6 nitrogen and oxygen atoms in total. The van der Waals surface area contributed by atoms with Crippen LogP contribution in [0.15, 0.2) is 52.9 Å². The lowest BCUT2D eigenvalue weighted by Gasteiger charge is -2.17. The van der Waals surface area contributed by atoms with Crippen LogP contribution in [0.5, 0.6) is 5.75 Å². The molecule has 27 heavy (non-hydrogen) atoms. The van der Waals surface area contributed by atoms with Gasteiger partial charge in [-0.1, -0.05) is 59.5 Å². The number of nitrogens with zero attached hydrogens (tertiary/aromatic N) is 2. The van der Waals surface area contributed by atoms with Gasteiger partial charge >= 0.3 is 0 Å². The second kappa shape index (κ2) is 8.88. The summed E-state index contributed by atoms with van der Waals surface area (Å²) < 4.78 is 6.09. The maximum atomic E-state index is 13.1. The zero-order valence-corrected chi connectivity index (χ0v) is 16.9. The van der Waals surface area contributed by atoms with Crippen LogP contribution in [-0.2, 0) is 4.79 Å². The molecular formula is C19H20N4O2S2. The van der Waals surface area contributed by atoms with E-state index in [2.05, 4.69) is 20.8 Å². The van der Waals surface area contributed by atoms with Crippen LogP contribution in [-0.4, -0.2) is 30.3 Å². The number of benzene rings is 2. The van der Waals surface area contributed by atoms with E-state index in [1.54, 1.807) is 14.2 Å². The molecular weight excluding hydrogens is 380 g/mol. The number of hydrogen-bond donors (Lipinski definition) is 2. The van der Waals surface area contributed by atoms with Crippen molar-refractivity contribution in [2.45, 2.75) is 16.5 Å². The van der Waals surface area contributed by atoms with Gasteiger partial charge in [0.1, 0.15) is 11.0 Å². The molecule has 0 fully saturated rings. The van der Waals surface area contributed by atoms with Crippen molar-refractivity contribution in [1.82, 2.24) is 10.2 Å². The van der Waals surface area contributed by atoms with E-state index in [4.69, 9.17) is 4.74 Å². The van der Waals surface area contributed by atoms with Crippen molar-refractivity contribution in [3.63, 3.8) is 0 Å². The molecule has 2 aromatic carbocycles. The van der Waals surface area contributed by atoms with Crippen LogP contribution in [0, 0.1) is 6.92 Å². The zero-order valence-electron chi connectivity index (χ0n) is 15.2. The normalized spacial score (nSPS) is 11.7. The number of carbonyl (C=O) groups is 1. The van der Waals surface area contributed by atoms with Crippen LogP contribution < -0.4 is 15.4 Å². The number of thioether (sulfide) groups is 1. The summed E-state index contributed by atoms with van der Waals surface area (Å²) in [4.78, 5) is 13.1. The summed E-state index contributed by atoms with van der Waals surface area (Å²) >= 11 is 2.79. The van der Waals surface area contributed by atoms with Crippen LogP contribution in [0.3, 0.4) is 0 Å². The molecule has 0 saturated carbocycles. The number of ether oxygens (including phenoxy) is 1. The molecule has 3 rings (SSSR count). The number of aromatic nitrogens is 2. The Hall–Kier alpha value is -2.58. The first-order valence-electron chi connectivity index (χ1n) is 8.29. The lowest BCUT2D eigenvalue weighted by molar-refractivity contribution is -0.115. The lowest BCUT2D eigenvalue weighted by Crippen LogP contribution is -2.19. The highest BCUT2D eigenvalue weighted by Crippen LogP contribution is 2.39. The summed E-state index contributed by atoms with van der Waals surface area (Å²) in [6, 6.07) is 15.3. The van der Waals surface area contributed by atoms with Gasteiger partial charge in [0.15, 0.2) is 4.34 Å². The summed E-state index contributed by atoms with van der Waals surface area (Å²) in [5, 5.41) is 14.4. The smallest absolute Gasteiger partial charge is 0.242 e. The van der Waals surface area contributed by atoms with Crippen molar-refractivity contribution >= 4 is 39.8 Å². The topological polar surface area (TPSA) is 76.1 Å². The van der Waals surface area contributed by atoms with Gasteiger partial charge in [0, 0.05) is 7.05 Å². The van der Waals surface area contributed by atoms with Gasteiger partial charge in [-0.2, -0.15) is 0 Å². The van der Waals surface area contributed by atoms with Crippen LogP contribution in [0.1, 0.15) is 16.4 Å². The SMILES string of the molecule is CNc1nnc(S[C@H](C(=O)Nc2cc(C)ccc2OC)c2ccccc2)s1.